The Bertz CT molecular complexity index is 685. The van der Waals surface area contributed by atoms with Crippen LogP contribution in [0.5, 0.6) is 0 Å². The second-order valence-corrected chi connectivity index (χ2v) is 5.90. The van der Waals surface area contributed by atoms with Crippen molar-refractivity contribution >= 4 is 5.91 Å². The van der Waals surface area contributed by atoms with Gasteiger partial charge in [0.2, 0.25) is 0 Å². The molecule has 0 saturated heterocycles. The number of aryl methyl sites for hydroxylation is 2. The summed E-state index contributed by atoms with van der Waals surface area (Å²) >= 11 is 0. The normalized spacial score (nSPS) is 14.1. The number of hydrogen-bond donors (Lipinski definition) is 1. The number of amides is 1. The highest BCUT2D eigenvalue weighted by Crippen LogP contribution is 2.37. The van der Waals surface area contributed by atoms with Gasteiger partial charge in [-0.15, -0.1) is 0 Å². The lowest BCUT2D eigenvalue weighted by Gasteiger charge is -2.06. The molecule has 1 saturated carbocycles. The Morgan fingerprint density at radius 1 is 1.32 bits per heavy atom. The second kappa shape index (κ2) is 5.87. The Hall–Kier alpha value is -2.24. The van der Waals surface area contributed by atoms with Gasteiger partial charge in [-0.3, -0.25) is 9.48 Å². The molecular weight excluding hydrogens is 278 g/mol. The van der Waals surface area contributed by atoms with Crippen LogP contribution >= 0.6 is 0 Å². The van der Waals surface area contributed by atoms with Crippen LogP contribution in [0.15, 0.2) is 12.4 Å². The van der Waals surface area contributed by atoms with Crippen molar-refractivity contribution in [2.75, 3.05) is 6.54 Å². The van der Waals surface area contributed by atoms with E-state index in [-0.39, 0.29) is 5.91 Å². The van der Waals surface area contributed by atoms with Crippen molar-refractivity contribution in [3.63, 3.8) is 0 Å². The largest absolute Gasteiger partial charge is 0.352 e. The first kappa shape index (κ1) is 14.7. The number of carbonyl (C=O) groups is 1. The van der Waals surface area contributed by atoms with Gasteiger partial charge in [0.1, 0.15) is 5.82 Å². The zero-order valence-electron chi connectivity index (χ0n) is 13.3. The average Bonchev–Trinajstić information content (AvgIpc) is 3.29. The molecule has 3 rings (SSSR count). The summed E-state index contributed by atoms with van der Waals surface area (Å²) in [6, 6.07) is 0. The fourth-order valence-corrected chi connectivity index (χ4v) is 2.56. The number of aromatic nitrogens is 4. The lowest BCUT2D eigenvalue weighted by molar-refractivity contribution is 0.0953. The molecule has 2 aromatic rings. The zero-order valence-corrected chi connectivity index (χ0v) is 13.3. The van der Waals surface area contributed by atoms with E-state index in [9.17, 15) is 4.79 Å². The predicted molar refractivity (Wildman–Crippen MR) is 82.7 cm³/mol. The van der Waals surface area contributed by atoms with E-state index in [4.69, 9.17) is 0 Å². The zero-order chi connectivity index (χ0) is 15.7. The smallest absolute Gasteiger partial charge is 0.255 e. The van der Waals surface area contributed by atoms with Crippen LogP contribution in [0.4, 0.5) is 0 Å². The van der Waals surface area contributed by atoms with Crippen LogP contribution in [0.3, 0.4) is 0 Å². The first-order chi connectivity index (χ1) is 10.6. The summed E-state index contributed by atoms with van der Waals surface area (Å²) in [5, 5.41) is 7.21. The molecule has 6 heteroatoms. The molecule has 1 aliphatic carbocycles. The van der Waals surface area contributed by atoms with E-state index < -0.39 is 0 Å². The van der Waals surface area contributed by atoms with E-state index in [0.29, 0.717) is 18.0 Å². The molecule has 2 heterocycles. The van der Waals surface area contributed by atoms with Gasteiger partial charge in [-0.1, -0.05) is 0 Å². The third-order valence-electron chi connectivity index (χ3n) is 4.10. The first-order valence-corrected chi connectivity index (χ1v) is 7.65. The van der Waals surface area contributed by atoms with E-state index in [1.165, 1.54) is 12.8 Å². The standard InChI is InChI=1S/C16H21N5O/c1-10-14(11(2)21(3)20-10)16(22)17-7-6-12-8-18-15(19-9-12)13-4-5-13/h8-9,13H,4-7H2,1-3H3,(H,17,22). The number of hydrogen-bond acceptors (Lipinski definition) is 4. The van der Waals surface area contributed by atoms with Gasteiger partial charge in [0.15, 0.2) is 0 Å². The molecule has 0 aromatic carbocycles. The first-order valence-electron chi connectivity index (χ1n) is 7.65. The Morgan fingerprint density at radius 3 is 2.55 bits per heavy atom. The third kappa shape index (κ3) is 3.00. The van der Waals surface area contributed by atoms with Crippen molar-refractivity contribution in [1.29, 1.82) is 0 Å². The van der Waals surface area contributed by atoms with Crippen LogP contribution in [0, 0.1) is 13.8 Å². The highest BCUT2D eigenvalue weighted by Gasteiger charge is 2.26. The average molecular weight is 299 g/mol. The Morgan fingerprint density at radius 2 is 2.00 bits per heavy atom. The number of carbonyl (C=O) groups excluding carboxylic acids is 1. The lowest BCUT2D eigenvalue weighted by Crippen LogP contribution is -2.26. The molecule has 0 unspecified atom stereocenters. The molecule has 0 bridgehead atoms. The molecule has 2 aromatic heterocycles. The summed E-state index contributed by atoms with van der Waals surface area (Å²) in [5.41, 5.74) is 3.36. The van der Waals surface area contributed by atoms with Gasteiger partial charge >= 0.3 is 0 Å². The maximum Gasteiger partial charge on any atom is 0.255 e. The molecule has 0 aliphatic heterocycles. The fourth-order valence-electron chi connectivity index (χ4n) is 2.56. The molecule has 6 nitrogen and oxygen atoms in total. The molecule has 1 amide bonds. The van der Waals surface area contributed by atoms with Crippen LogP contribution in [-0.2, 0) is 13.5 Å². The minimum absolute atomic E-state index is 0.0707. The van der Waals surface area contributed by atoms with Crippen molar-refractivity contribution in [2.24, 2.45) is 7.05 Å². The summed E-state index contributed by atoms with van der Waals surface area (Å²) in [6.45, 7) is 4.32. The maximum atomic E-state index is 12.2. The van der Waals surface area contributed by atoms with Crippen molar-refractivity contribution in [3.8, 4) is 0 Å². The SMILES string of the molecule is Cc1nn(C)c(C)c1C(=O)NCCc1cnc(C2CC2)nc1. The van der Waals surface area contributed by atoms with Gasteiger partial charge in [-0.2, -0.15) is 5.10 Å². The number of nitrogens with zero attached hydrogens (tertiary/aromatic N) is 4. The van der Waals surface area contributed by atoms with Crippen LogP contribution in [0.1, 0.15) is 51.9 Å². The molecule has 1 fully saturated rings. The van der Waals surface area contributed by atoms with Crippen molar-refractivity contribution in [1.82, 2.24) is 25.1 Å². The highest BCUT2D eigenvalue weighted by molar-refractivity contribution is 5.96. The fraction of sp³-hybridized carbons (Fsp3) is 0.500. The van der Waals surface area contributed by atoms with Gasteiger partial charge in [0.05, 0.1) is 11.3 Å². The Balaban J connectivity index is 1.54. The quantitative estimate of drug-likeness (QED) is 0.911. The second-order valence-electron chi connectivity index (χ2n) is 5.90. The van der Waals surface area contributed by atoms with E-state index >= 15 is 0 Å². The van der Waals surface area contributed by atoms with Crippen molar-refractivity contribution in [2.45, 2.75) is 39.0 Å². The molecule has 116 valence electrons. The molecule has 0 radical (unpaired) electrons. The third-order valence-corrected chi connectivity index (χ3v) is 4.10. The molecule has 0 spiro atoms. The highest BCUT2D eigenvalue weighted by atomic mass is 16.1. The minimum atomic E-state index is -0.0707. The number of rotatable bonds is 5. The van der Waals surface area contributed by atoms with E-state index in [0.717, 1.165) is 29.2 Å². The van der Waals surface area contributed by atoms with Crippen LogP contribution in [0.25, 0.3) is 0 Å². The minimum Gasteiger partial charge on any atom is -0.352 e. The predicted octanol–water partition coefficient (Wildman–Crippen LogP) is 1.68. The Labute approximate surface area is 130 Å². The topological polar surface area (TPSA) is 72.7 Å². The molecule has 22 heavy (non-hydrogen) atoms. The summed E-state index contributed by atoms with van der Waals surface area (Å²) in [4.78, 5) is 21.0. The molecular formula is C16H21N5O. The summed E-state index contributed by atoms with van der Waals surface area (Å²) in [6.07, 6.45) is 6.88. The van der Waals surface area contributed by atoms with E-state index in [2.05, 4.69) is 20.4 Å². The molecule has 0 atom stereocenters. The summed E-state index contributed by atoms with van der Waals surface area (Å²) in [7, 11) is 1.85. The van der Waals surface area contributed by atoms with Crippen LogP contribution < -0.4 is 5.32 Å². The monoisotopic (exact) mass is 299 g/mol. The number of nitrogens with one attached hydrogen (secondary N) is 1. The van der Waals surface area contributed by atoms with Crippen LogP contribution in [-0.4, -0.2) is 32.2 Å². The van der Waals surface area contributed by atoms with Gasteiger partial charge in [0.25, 0.3) is 5.91 Å². The molecule has 1 N–H and O–H groups in total. The van der Waals surface area contributed by atoms with Gasteiger partial charge in [-0.25, -0.2) is 9.97 Å². The van der Waals surface area contributed by atoms with Crippen molar-refractivity contribution < 1.29 is 4.79 Å². The van der Waals surface area contributed by atoms with Gasteiger partial charge in [0, 0.05) is 37.6 Å². The van der Waals surface area contributed by atoms with E-state index in [1.807, 2.05) is 33.3 Å². The maximum absolute atomic E-state index is 12.2. The Kier molecular flexibility index (Phi) is 3.92. The molecule has 1 aliphatic rings. The van der Waals surface area contributed by atoms with Crippen molar-refractivity contribution in [3.05, 3.63) is 40.7 Å². The summed E-state index contributed by atoms with van der Waals surface area (Å²) < 4.78 is 1.73. The van der Waals surface area contributed by atoms with Gasteiger partial charge in [-0.05, 0) is 38.7 Å². The van der Waals surface area contributed by atoms with E-state index in [1.54, 1.807) is 4.68 Å². The summed E-state index contributed by atoms with van der Waals surface area (Å²) in [5.74, 6) is 1.46. The van der Waals surface area contributed by atoms with Crippen LogP contribution in [0.2, 0.25) is 0 Å². The lowest BCUT2D eigenvalue weighted by atomic mass is 10.1. The van der Waals surface area contributed by atoms with Gasteiger partial charge < -0.3 is 5.32 Å².